The number of hydrogen-bond acceptors (Lipinski definition) is 4. The van der Waals surface area contributed by atoms with Crippen LogP contribution in [0.25, 0.3) is 0 Å². The molecule has 1 saturated heterocycles. The second-order valence-corrected chi connectivity index (χ2v) is 7.30. The number of aryl methyl sites for hydroxylation is 2. The van der Waals surface area contributed by atoms with Crippen LogP contribution in [0.3, 0.4) is 0 Å². The Morgan fingerprint density at radius 1 is 1.26 bits per heavy atom. The van der Waals surface area contributed by atoms with E-state index >= 15 is 0 Å². The van der Waals surface area contributed by atoms with E-state index in [1.54, 1.807) is 13.8 Å². The van der Waals surface area contributed by atoms with Crippen molar-refractivity contribution in [3.63, 3.8) is 0 Å². The van der Waals surface area contributed by atoms with E-state index in [1.807, 2.05) is 6.07 Å². The molecule has 27 heavy (non-hydrogen) atoms. The predicted octanol–water partition coefficient (Wildman–Crippen LogP) is 2.10. The van der Waals surface area contributed by atoms with Gasteiger partial charge >= 0.3 is 0 Å². The van der Waals surface area contributed by atoms with Crippen LogP contribution < -0.4 is 10.9 Å². The fourth-order valence-corrected chi connectivity index (χ4v) is 3.73. The van der Waals surface area contributed by atoms with E-state index in [0.717, 1.165) is 19.5 Å². The Kier molecular flexibility index (Phi) is 6.40. The van der Waals surface area contributed by atoms with Crippen LogP contribution in [-0.2, 0) is 17.8 Å². The van der Waals surface area contributed by atoms with Gasteiger partial charge in [0.25, 0.3) is 5.56 Å². The van der Waals surface area contributed by atoms with Crippen molar-refractivity contribution in [2.24, 2.45) is 0 Å². The first-order valence-electron chi connectivity index (χ1n) is 9.64. The summed E-state index contributed by atoms with van der Waals surface area (Å²) in [5, 5.41) is 3.02. The van der Waals surface area contributed by atoms with E-state index in [2.05, 4.69) is 44.5 Å². The van der Waals surface area contributed by atoms with E-state index in [-0.39, 0.29) is 17.9 Å². The van der Waals surface area contributed by atoms with E-state index in [0.29, 0.717) is 29.7 Å². The molecule has 1 aromatic carbocycles. The summed E-state index contributed by atoms with van der Waals surface area (Å²) in [6.07, 6.45) is 3.53. The Morgan fingerprint density at radius 2 is 2.04 bits per heavy atom. The van der Waals surface area contributed by atoms with Gasteiger partial charge in [-0.3, -0.25) is 14.5 Å². The molecular weight excluding hydrogens is 340 g/mol. The molecular formula is C21H28N4O2. The van der Waals surface area contributed by atoms with Crippen molar-refractivity contribution >= 4 is 5.91 Å². The molecule has 2 aromatic rings. The van der Waals surface area contributed by atoms with Gasteiger partial charge in [-0.05, 0) is 38.8 Å². The van der Waals surface area contributed by atoms with Gasteiger partial charge < -0.3 is 10.3 Å². The summed E-state index contributed by atoms with van der Waals surface area (Å²) >= 11 is 0. The number of piperidine rings is 1. The molecule has 1 fully saturated rings. The number of aromatic amines is 1. The Labute approximate surface area is 160 Å². The standard InChI is InChI=1S/C21H28N4O2/c1-15-19(21(27)24-16(2)23-15)12-20(26)22-13-18-10-6-7-11-25(18)14-17-8-4-3-5-9-17/h3-5,8-9,18H,6-7,10-14H2,1-2H3,(H,22,26)(H,23,24,27)/t18-/m0/s1. The molecule has 1 aliphatic heterocycles. The average molecular weight is 368 g/mol. The molecule has 0 spiro atoms. The SMILES string of the molecule is Cc1nc(C)c(CC(=O)NC[C@@H]2CCCCN2Cc2ccccc2)c(=O)[nH]1. The number of aromatic nitrogens is 2. The minimum absolute atomic E-state index is 0.0693. The average Bonchev–Trinajstić information content (AvgIpc) is 2.65. The Balaban J connectivity index is 1.57. The first-order chi connectivity index (χ1) is 13.0. The second-order valence-electron chi connectivity index (χ2n) is 7.30. The van der Waals surface area contributed by atoms with Gasteiger partial charge in [-0.15, -0.1) is 0 Å². The molecule has 0 unspecified atom stereocenters. The number of rotatable bonds is 6. The van der Waals surface area contributed by atoms with Gasteiger partial charge in [-0.1, -0.05) is 36.8 Å². The summed E-state index contributed by atoms with van der Waals surface area (Å²) in [6, 6.07) is 10.8. The Bertz CT molecular complexity index is 832. The zero-order valence-corrected chi connectivity index (χ0v) is 16.1. The highest BCUT2D eigenvalue weighted by Crippen LogP contribution is 2.19. The molecule has 1 aromatic heterocycles. The first-order valence-corrected chi connectivity index (χ1v) is 9.64. The zero-order valence-electron chi connectivity index (χ0n) is 16.1. The van der Waals surface area contributed by atoms with Gasteiger partial charge in [0.15, 0.2) is 0 Å². The van der Waals surface area contributed by atoms with Crippen molar-refractivity contribution in [2.75, 3.05) is 13.1 Å². The fraction of sp³-hybridized carbons (Fsp3) is 0.476. The third-order valence-corrected chi connectivity index (χ3v) is 5.19. The highest BCUT2D eigenvalue weighted by molar-refractivity contribution is 5.78. The number of H-pyrrole nitrogens is 1. The largest absolute Gasteiger partial charge is 0.354 e. The molecule has 1 amide bonds. The number of amides is 1. The highest BCUT2D eigenvalue weighted by Gasteiger charge is 2.23. The van der Waals surface area contributed by atoms with Crippen LogP contribution >= 0.6 is 0 Å². The Hall–Kier alpha value is -2.47. The summed E-state index contributed by atoms with van der Waals surface area (Å²) in [4.78, 5) is 33.8. The number of hydrogen-bond donors (Lipinski definition) is 2. The van der Waals surface area contributed by atoms with Crippen molar-refractivity contribution in [1.82, 2.24) is 20.2 Å². The molecule has 2 heterocycles. The minimum Gasteiger partial charge on any atom is -0.354 e. The molecule has 3 rings (SSSR count). The lowest BCUT2D eigenvalue weighted by Gasteiger charge is -2.36. The lowest BCUT2D eigenvalue weighted by molar-refractivity contribution is -0.120. The molecule has 1 atom stereocenters. The maximum absolute atomic E-state index is 12.4. The third kappa shape index (κ3) is 5.26. The molecule has 6 heteroatoms. The molecule has 0 radical (unpaired) electrons. The molecule has 144 valence electrons. The topological polar surface area (TPSA) is 78.1 Å². The van der Waals surface area contributed by atoms with E-state index < -0.39 is 0 Å². The number of carbonyl (C=O) groups is 1. The van der Waals surface area contributed by atoms with Crippen LogP contribution in [0.4, 0.5) is 0 Å². The van der Waals surface area contributed by atoms with Gasteiger partial charge in [0, 0.05) is 30.4 Å². The maximum Gasteiger partial charge on any atom is 0.254 e. The predicted molar refractivity (Wildman–Crippen MR) is 106 cm³/mol. The number of benzene rings is 1. The van der Waals surface area contributed by atoms with Crippen LogP contribution in [-0.4, -0.2) is 39.9 Å². The smallest absolute Gasteiger partial charge is 0.254 e. The number of carbonyl (C=O) groups excluding carboxylic acids is 1. The van der Waals surface area contributed by atoms with Crippen molar-refractivity contribution < 1.29 is 4.79 Å². The summed E-state index contributed by atoms with van der Waals surface area (Å²) in [7, 11) is 0. The monoisotopic (exact) mass is 368 g/mol. The van der Waals surface area contributed by atoms with Crippen LogP contribution in [0.5, 0.6) is 0 Å². The summed E-state index contributed by atoms with van der Waals surface area (Å²) in [5.74, 6) is 0.444. The normalized spacial score (nSPS) is 17.6. The molecule has 6 nitrogen and oxygen atoms in total. The zero-order chi connectivity index (χ0) is 19.2. The van der Waals surface area contributed by atoms with Crippen molar-refractivity contribution in [1.29, 1.82) is 0 Å². The number of nitrogens with one attached hydrogen (secondary N) is 2. The molecule has 2 N–H and O–H groups in total. The lowest BCUT2D eigenvalue weighted by Crippen LogP contribution is -2.46. The molecule has 0 saturated carbocycles. The van der Waals surface area contributed by atoms with Gasteiger partial charge in [0.05, 0.1) is 6.42 Å². The number of likely N-dealkylation sites (tertiary alicyclic amines) is 1. The Morgan fingerprint density at radius 3 is 2.78 bits per heavy atom. The van der Waals surface area contributed by atoms with E-state index in [9.17, 15) is 9.59 Å². The maximum atomic E-state index is 12.4. The van der Waals surface area contributed by atoms with Gasteiger partial charge in [0.1, 0.15) is 5.82 Å². The molecule has 1 aliphatic rings. The van der Waals surface area contributed by atoms with E-state index in [4.69, 9.17) is 0 Å². The summed E-state index contributed by atoms with van der Waals surface area (Å²) in [6.45, 7) is 6.08. The minimum atomic E-state index is -0.224. The molecule has 0 bridgehead atoms. The van der Waals surface area contributed by atoms with Crippen molar-refractivity contribution in [3.05, 3.63) is 63.3 Å². The lowest BCUT2D eigenvalue weighted by atomic mass is 10.0. The summed E-state index contributed by atoms with van der Waals surface area (Å²) < 4.78 is 0. The quantitative estimate of drug-likeness (QED) is 0.819. The molecule has 0 aliphatic carbocycles. The van der Waals surface area contributed by atoms with Gasteiger partial charge in [0.2, 0.25) is 5.91 Å². The van der Waals surface area contributed by atoms with Crippen molar-refractivity contribution in [3.8, 4) is 0 Å². The summed E-state index contributed by atoms with van der Waals surface area (Å²) in [5.41, 5.74) is 2.14. The van der Waals surface area contributed by atoms with Crippen LogP contribution in [0.2, 0.25) is 0 Å². The fourth-order valence-electron chi connectivity index (χ4n) is 3.73. The second kappa shape index (κ2) is 8.95. The van der Waals surface area contributed by atoms with Crippen molar-refractivity contribution in [2.45, 2.75) is 52.1 Å². The van der Waals surface area contributed by atoms with E-state index in [1.165, 1.54) is 18.4 Å². The van der Waals surface area contributed by atoms with Crippen LogP contribution in [0.1, 0.15) is 41.9 Å². The van der Waals surface area contributed by atoms with Gasteiger partial charge in [-0.25, -0.2) is 4.98 Å². The first kappa shape index (κ1) is 19.3. The third-order valence-electron chi connectivity index (χ3n) is 5.19. The van der Waals surface area contributed by atoms with Gasteiger partial charge in [-0.2, -0.15) is 0 Å². The highest BCUT2D eigenvalue weighted by atomic mass is 16.2. The number of nitrogens with zero attached hydrogens (tertiary/aromatic N) is 2. The van der Waals surface area contributed by atoms with Crippen LogP contribution in [0, 0.1) is 13.8 Å². The van der Waals surface area contributed by atoms with Crippen LogP contribution in [0.15, 0.2) is 35.1 Å².